The van der Waals surface area contributed by atoms with E-state index in [-0.39, 0.29) is 0 Å². The molecule has 4 heteroatoms. The smallest absolute Gasteiger partial charge is 0.306 e. The molecule has 0 unspecified atom stereocenters. The Hall–Kier alpha value is -0.290. The molecule has 0 saturated carbocycles. The molecule has 0 atom stereocenters. The predicted octanol–water partition coefficient (Wildman–Crippen LogP) is 1.25. The highest BCUT2D eigenvalue weighted by Crippen LogP contribution is 2.51. The van der Waals surface area contributed by atoms with Crippen molar-refractivity contribution in [2.45, 2.75) is 6.42 Å². The third-order valence-electron chi connectivity index (χ3n) is 1.19. The van der Waals surface area contributed by atoms with Crippen LogP contribution < -0.4 is 0 Å². The molecule has 1 fully saturated rings. The van der Waals surface area contributed by atoms with Crippen LogP contribution >= 0.6 is 7.60 Å². The zero-order chi connectivity index (χ0) is 7.45. The zero-order valence-corrected chi connectivity index (χ0v) is 6.47. The van der Waals surface area contributed by atoms with E-state index in [2.05, 4.69) is 5.92 Å². The number of terminal acetylenes is 1. The Morgan fingerprint density at radius 2 is 2.10 bits per heavy atom. The molecule has 0 aliphatic carbocycles. The second-order valence-electron chi connectivity index (χ2n) is 1.96. The van der Waals surface area contributed by atoms with Gasteiger partial charge in [-0.25, -0.2) is 0 Å². The van der Waals surface area contributed by atoms with Crippen molar-refractivity contribution in [3.8, 4) is 12.3 Å². The highest BCUT2D eigenvalue weighted by molar-refractivity contribution is 7.54. The molecule has 0 aromatic carbocycles. The van der Waals surface area contributed by atoms with Crippen LogP contribution in [-0.2, 0) is 13.6 Å². The molecule has 0 amide bonds. The molecule has 56 valence electrons. The number of hydrogen-bond donors (Lipinski definition) is 0. The topological polar surface area (TPSA) is 35.5 Å². The highest BCUT2D eigenvalue weighted by Gasteiger charge is 2.28. The maximum Gasteiger partial charge on any atom is 0.331 e. The summed E-state index contributed by atoms with van der Waals surface area (Å²) < 4.78 is 21.0. The third kappa shape index (κ3) is 1.85. The molecule has 0 radical (unpaired) electrons. The van der Waals surface area contributed by atoms with Crippen LogP contribution in [0.15, 0.2) is 0 Å². The lowest BCUT2D eigenvalue weighted by molar-refractivity contribution is 0.352. The van der Waals surface area contributed by atoms with Crippen molar-refractivity contribution in [2.24, 2.45) is 0 Å². The second kappa shape index (κ2) is 3.21. The molecular weight excluding hydrogens is 151 g/mol. The van der Waals surface area contributed by atoms with Crippen LogP contribution in [0.5, 0.6) is 0 Å². The van der Waals surface area contributed by atoms with Crippen molar-refractivity contribution in [1.82, 2.24) is 0 Å². The monoisotopic (exact) mass is 160 g/mol. The molecule has 1 heterocycles. The Kier molecular flexibility index (Phi) is 2.50. The van der Waals surface area contributed by atoms with Crippen molar-refractivity contribution in [3.05, 3.63) is 0 Å². The Labute approximate surface area is 60.2 Å². The molecule has 1 rings (SSSR count). The summed E-state index contributed by atoms with van der Waals surface area (Å²) in [5.74, 6) is 2.39. The van der Waals surface area contributed by atoms with Crippen LogP contribution in [0.4, 0.5) is 0 Å². The summed E-state index contributed by atoms with van der Waals surface area (Å²) in [6, 6.07) is 0. The van der Waals surface area contributed by atoms with Crippen LogP contribution in [0.3, 0.4) is 0 Å². The molecule has 0 N–H and O–H groups in total. The highest BCUT2D eigenvalue weighted by atomic mass is 31.2. The molecular formula is C6H9O3P. The van der Waals surface area contributed by atoms with Gasteiger partial charge >= 0.3 is 7.60 Å². The van der Waals surface area contributed by atoms with E-state index in [1.807, 2.05) is 0 Å². The van der Waals surface area contributed by atoms with Gasteiger partial charge in [-0.1, -0.05) is 0 Å². The summed E-state index contributed by atoms with van der Waals surface area (Å²) >= 11 is 0. The minimum absolute atomic E-state index is 0.351. The zero-order valence-electron chi connectivity index (χ0n) is 5.58. The molecule has 0 spiro atoms. The Balaban J connectivity index is 2.38. The van der Waals surface area contributed by atoms with Gasteiger partial charge in [0, 0.05) is 6.42 Å². The summed E-state index contributed by atoms with van der Waals surface area (Å²) in [6.07, 6.45) is 5.79. The average Bonchev–Trinajstić information content (AvgIpc) is 2.33. The minimum Gasteiger partial charge on any atom is -0.306 e. The van der Waals surface area contributed by atoms with Gasteiger partial charge in [0.2, 0.25) is 0 Å². The van der Waals surface area contributed by atoms with Crippen LogP contribution in [0.1, 0.15) is 6.42 Å². The molecule has 10 heavy (non-hydrogen) atoms. The predicted molar refractivity (Wildman–Crippen MR) is 37.8 cm³/mol. The van der Waals surface area contributed by atoms with Crippen molar-refractivity contribution in [1.29, 1.82) is 0 Å². The number of hydrogen-bond acceptors (Lipinski definition) is 3. The van der Waals surface area contributed by atoms with Gasteiger partial charge in [-0.2, -0.15) is 0 Å². The fraction of sp³-hybridized carbons (Fsp3) is 0.667. The normalized spacial score (nSPS) is 22.3. The Morgan fingerprint density at radius 1 is 1.50 bits per heavy atom. The lowest BCUT2D eigenvalue weighted by atomic mass is 10.5. The van der Waals surface area contributed by atoms with Crippen LogP contribution in [0, 0.1) is 12.3 Å². The lowest BCUT2D eigenvalue weighted by Crippen LogP contribution is -1.87. The quantitative estimate of drug-likeness (QED) is 0.450. The SMILES string of the molecule is C#CCCP1(=O)OCCO1. The molecule has 0 bridgehead atoms. The first-order valence-corrected chi connectivity index (χ1v) is 4.81. The maximum absolute atomic E-state index is 11.2. The first-order chi connectivity index (χ1) is 4.77. The number of rotatable bonds is 2. The van der Waals surface area contributed by atoms with E-state index in [4.69, 9.17) is 15.5 Å². The second-order valence-corrected chi connectivity index (χ2v) is 4.14. The van der Waals surface area contributed by atoms with Gasteiger partial charge in [-0.05, 0) is 0 Å². The Morgan fingerprint density at radius 3 is 2.60 bits per heavy atom. The van der Waals surface area contributed by atoms with Gasteiger partial charge in [0.05, 0.1) is 19.4 Å². The lowest BCUT2D eigenvalue weighted by Gasteiger charge is -2.05. The van der Waals surface area contributed by atoms with E-state index in [9.17, 15) is 4.57 Å². The summed E-state index contributed by atoms with van der Waals surface area (Å²) in [5.41, 5.74) is 0. The van der Waals surface area contributed by atoms with Gasteiger partial charge in [-0.15, -0.1) is 12.3 Å². The Bertz CT molecular complexity index is 184. The maximum atomic E-state index is 11.2. The molecule has 1 saturated heterocycles. The van der Waals surface area contributed by atoms with Crippen LogP contribution in [-0.4, -0.2) is 19.4 Å². The summed E-state index contributed by atoms with van der Waals surface area (Å²) in [5, 5.41) is 0. The van der Waals surface area contributed by atoms with Gasteiger partial charge in [0.1, 0.15) is 0 Å². The van der Waals surface area contributed by atoms with E-state index in [1.54, 1.807) is 0 Å². The van der Waals surface area contributed by atoms with E-state index in [0.29, 0.717) is 25.8 Å². The summed E-state index contributed by atoms with van der Waals surface area (Å²) in [7, 11) is -2.73. The first-order valence-electron chi connectivity index (χ1n) is 3.08. The van der Waals surface area contributed by atoms with Gasteiger partial charge in [0.15, 0.2) is 0 Å². The largest absolute Gasteiger partial charge is 0.331 e. The van der Waals surface area contributed by atoms with Crippen molar-refractivity contribution in [2.75, 3.05) is 19.4 Å². The average molecular weight is 160 g/mol. The fourth-order valence-corrected chi connectivity index (χ4v) is 2.16. The van der Waals surface area contributed by atoms with Crippen molar-refractivity contribution in [3.63, 3.8) is 0 Å². The molecule has 0 aromatic heterocycles. The third-order valence-corrected chi connectivity index (χ3v) is 3.11. The summed E-state index contributed by atoms with van der Waals surface area (Å²) in [6.45, 7) is 0.865. The molecule has 1 aliphatic rings. The first kappa shape index (κ1) is 7.81. The van der Waals surface area contributed by atoms with Gasteiger partial charge in [0.25, 0.3) is 0 Å². The van der Waals surface area contributed by atoms with Gasteiger partial charge < -0.3 is 9.05 Å². The van der Waals surface area contributed by atoms with Crippen molar-refractivity contribution >= 4 is 7.60 Å². The van der Waals surface area contributed by atoms with Crippen molar-refractivity contribution < 1.29 is 13.6 Å². The molecule has 1 aliphatic heterocycles. The van der Waals surface area contributed by atoms with E-state index in [0.717, 1.165) is 0 Å². The fourth-order valence-electron chi connectivity index (χ4n) is 0.721. The molecule has 0 aromatic rings. The van der Waals surface area contributed by atoms with E-state index in [1.165, 1.54) is 0 Å². The minimum atomic E-state index is -2.73. The molecule has 3 nitrogen and oxygen atoms in total. The van der Waals surface area contributed by atoms with Crippen LogP contribution in [0.2, 0.25) is 0 Å². The standard InChI is InChI=1S/C6H9O3P/c1-2-3-6-10(7)8-4-5-9-10/h1H,3-6H2. The summed E-state index contributed by atoms with van der Waals surface area (Å²) in [4.78, 5) is 0. The van der Waals surface area contributed by atoms with E-state index >= 15 is 0 Å². The van der Waals surface area contributed by atoms with E-state index < -0.39 is 7.60 Å². The van der Waals surface area contributed by atoms with Crippen LogP contribution in [0.25, 0.3) is 0 Å². The van der Waals surface area contributed by atoms with Gasteiger partial charge in [-0.3, -0.25) is 4.57 Å².